The van der Waals surface area contributed by atoms with Gasteiger partial charge in [-0.3, -0.25) is 9.69 Å². The number of hydrogen-bond donors (Lipinski definition) is 1. The van der Waals surface area contributed by atoms with Gasteiger partial charge < -0.3 is 14.8 Å². The summed E-state index contributed by atoms with van der Waals surface area (Å²) in [6.07, 6.45) is 2.54. The van der Waals surface area contributed by atoms with E-state index in [0.717, 1.165) is 17.7 Å². The summed E-state index contributed by atoms with van der Waals surface area (Å²) >= 11 is 5.21. The fourth-order valence-corrected chi connectivity index (χ4v) is 2.42. The van der Waals surface area contributed by atoms with Gasteiger partial charge >= 0.3 is 0 Å². The summed E-state index contributed by atoms with van der Waals surface area (Å²) in [4.78, 5) is 13.9. The van der Waals surface area contributed by atoms with E-state index in [1.165, 1.54) is 0 Å². The summed E-state index contributed by atoms with van der Waals surface area (Å²) in [6.45, 7) is 3.73. The number of benzene rings is 1. The molecule has 1 aliphatic rings. The van der Waals surface area contributed by atoms with Crippen molar-refractivity contribution < 1.29 is 14.3 Å². The molecule has 0 bridgehead atoms. The van der Waals surface area contributed by atoms with Crippen LogP contribution in [-0.2, 0) is 9.53 Å². The zero-order valence-corrected chi connectivity index (χ0v) is 13.6. The van der Waals surface area contributed by atoms with Gasteiger partial charge in [0.05, 0.1) is 6.61 Å². The van der Waals surface area contributed by atoms with Gasteiger partial charge in [0.1, 0.15) is 11.4 Å². The quantitative estimate of drug-likeness (QED) is 0.474. The van der Waals surface area contributed by atoms with Crippen molar-refractivity contribution >= 4 is 29.3 Å². The van der Waals surface area contributed by atoms with Gasteiger partial charge in [-0.1, -0.05) is 12.1 Å². The van der Waals surface area contributed by atoms with E-state index in [-0.39, 0.29) is 5.91 Å². The number of carbonyl (C=O) groups is 1. The number of ether oxygens (including phenoxy) is 2. The first-order chi connectivity index (χ1) is 10.7. The third kappa shape index (κ3) is 4.05. The molecule has 1 aromatic carbocycles. The van der Waals surface area contributed by atoms with Gasteiger partial charge in [0.25, 0.3) is 5.91 Å². The lowest BCUT2D eigenvalue weighted by Crippen LogP contribution is -2.32. The average Bonchev–Trinajstić information content (AvgIpc) is 2.77. The molecule has 0 unspecified atom stereocenters. The van der Waals surface area contributed by atoms with Crippen molar-refractivity contribution in [3.8, 4) is 5.75 Å². The van der Waals surface area contributed by atoms with Crippen LogP contribution in [-0.4, -0.2) is 42.8 Å². The summed E-state index contributed by atoms with van der Waals surface area (Å²) in [5.74, 6) is 0.710. The van der Waals surface area contributed by atoms with E-state index in [9.17, 15) is 4.79 Å². The van der Waals surface area contributed by atoms with Crippen LogP contribution < -0.4 is 10.1 Å². The molecule has 5 nitrogen and oxygen atoms in total. The van der Waals surface area contributed by atoms with Crippen molar-refractivity contribution in [3.63, 3.8) is 0 Å². The Morgan fingerprint density at radius 3 is 2.68 bits per heavy atom. The molecule has 0 saturated carbocycles. The molecule has 0 aliphatic carbocycles. The summed E-state index contributed by atoms with van der Waals surface area (Å²) in [5.41, 5.74) is 1.41. The first-order valence-corrected chi connectivity index (χ1v) is 7.63. The highest BCUT2D eigenvalue weighted by atomic mass is 32.1. The summed E-state index contributed by atoms with van der Waals surface area (Å²) in [5, 5.41) is 3.41. The lowest BCUT2D eigenvalue weighted by molar-refractivity contribution is -0.122. The maximum absolute atomic E-state index is 12.3. The molecule has 1 heterocycles. The molecule has 1 N–H and O–H groups in total. The van der Waals surface area contributed by atoms with Crippen molar-refractivity contribution in [3.05, 3.63) is 35.5 Å². The van der Waals surface area contributed by atoms with Crippen molar-refractivity contribution in [1.82, 2.24) is 10.2 Å². The van der Waals surface area contributed by atoms with Gasteiger partial charge in [-0.15, -0.1) is 0 Å². The van der Waals surface area contributed by atoms with Crippen LogP contribution in [0, 0.1) is 0 Å². The van der Waals surface area contributed by atoms with E-state index in [1.807, 2.05) is 31.2 Å². The first-order valence-electron chi connectivity index (χ1n) is 7.22. The fraction of sp³-hybridized carbons (Fsp3) is 0.375. The summed E-state index contributed by atoms with van der Waals surface area (Å²) in [6, 6.07) is 7.57. The Balaban J connectivity index is 2.05. The Morgan fingerprint density at radius 2 is 2.05 bits per heavy atom. The van der Waals surface area contributed by atoms with Crippen LogP contribution in [0.15, 0.2) is 30.0 Å². The molecule has 0 atom stereocenters. The minimum absolute atomic E-state index is 0.102. The van der Waals surface area contributed by atoms with E-state index in [4.69, 9.17) is 21.7 Å². The van der Waals surface area contributed by atoms with Crippen molar-refractivity contribution in [2.75, 3.05) is 26.9 Å². The van der Waals surface area contributed by atoms with Crippen LogP contribution in [0.25, 0.3) is 6.08 Å². The Hall–Kier alpha value is -1.92. The maximum Gasteiger partial charge on any atom is 0.276 e. The standard InChI is InChI=1S/C16H20N2O3S/c1-3-21-13-7-5-12(6-8-13)11-14-15(19)18(16(22)17-14)9-4-10-20-2/h5-8,11H,3-4,9-10H2,1-2H3,(H,17,22)/b14-11+. The Morgan fingerprint density at radius 1 is 1.32 bits per heavy atom. The number of nitrogens with zero attached hydrogens (tertiary/aromatic N) is 1. The first kappa shape index (κ1) is 16.5. The second-order valence-electron chi connectivity index (χ2n) is 4.79. The molecule has 1 saturated heterocycles. The molecular formula is C16H20N2O3S. The molecule has 6 heteroatoms. The predicted molar refractivity (Wildman–Crippen MR) is 89.5 cm³/mol. The highest BCUT2D eigenvalue weighted by Crippen LogP contribution is 2.17. The SMILES string of the molecule is CCOc1ccc(/C=C2/NC(=S)N(CCCOC)C2=O)cc1. The maximum atomic E-state index is 12.3. The average molecular weight is 320 g/mol. The Kier molecular flexibility index (Phi) is 5.91. The smallest absolute Gasteiger partial charge is 0.276 e. The van der Waals surface area contributed by atoms with Crippen LogP contribution in [0.2, 0.25) is 0 Å². The van der Waals surface area contributed by atoms with Crippen LogP contribution in [0.5, 0.6) is 5.75 Å². The van der Waals surface area contributed by atoms with Gasteiger partial charge in [0.15, 0.2) is 5.11 Å². The van der Waals surface area contributed by atoms with Gasteiger partial charge in [0.2, 0.25) is 0 Å². The third-order valence-electron chi connectivity index (χ3n) is 3.19. The normalized spacial score (nSPS) is 16.3. The van der Waals surface area contributed by atoms with Crippen LogP contribution >= 0.6 is 12.2 Å². The monoisotopic (exact) mass is 320 g/mol. The molecule has 0 aromatic heterocycles. The molecule has 1 amide bonds. The second kappa shape index (κ2) is 7.91. The lowest BCUT2D eigenvalue weighted by atomic mass is 10.2. The zero-order valence-electron chi connectivity index (χ0n) is 12.8. The molecular weight excluding hydrogens is 300 g/mol. The molecule has 1 fully saturated rings. The minimum atomic E-state index is -0.102. The summed E-state index contributed by atoms with van der Waals surface area (Å²) < 4.78 is 10.4. The number of thiocarbonyl (C=S) groups is 1. The van der Waals surface area contributed by atoms with E-state index in [1.54, 1.807) is 18.1 Å². The molecule has 0 radical (unpaired) electrons. The zero-order chi connectivity index (χ0) is 15.9. The summed E-state index contributed by atoms with van der Waals surface area (Å²) in [7, 11) is 1.64. The van der Waals surface area contributed by atoms with Crippen LogP contribution in [0.3, 0.4) is 0 Å². The number of amides is 1. The molecule has 1 aromatic rings. The number of methoxy groups -OCH3 is 1. The Bertz CT molecular complexity index is 569. The number of rotatable bonds is 7. The predicted octanol–water partition coefficient (Wildman–Crippen LogP) is 2.18. The minimum Gasteiger partial charge on any atom is -0.494 e. The van der Waals surface area contributed by atoms with E-state index >= 15 is 0 Å². The third-order valence-corrected chi connectivity index (χ3v) is 3.52. The topological polar surface area (TPSA) is 50.8 Å². The van der Waals surface area contributed by atoms with Crippen molar-refractivity contribution in [2.45, 2.75) is 13.3 Å². The number of carbonyl (C=O) groups excluding carboxylic acids is 1. The van der Waals surface area contributed by atoms with Gasteiger partial charge in [-0.2, -0.15) is 0 Å². The highest BCUT2D eigenvalue weighted by molar-refractivity contribution is 7.80. The van der Waals surface area contributed by atoms with E-state index in [0.29, 0.717) is 30.6 Å². The molecule has 22 heavy (non-hydrogen) atoms. The van der Waals surface area contributed by atoms with Gasteiger partial charge in [-0.25, -0.2) is 0 Å². The van der Waals surface area contributed by atoms with Gasteiger partial charge in [-0.05, 0) is 49.3 Å². The van der Waals surface area contributed by atoms with Crippen LogP contribution in [0.4, 0.5) is 0 Å². The number of nitrogens with one attached hydrogen (secondary N) is 1. The molecule has 1 aliphatic heterocycles. The van der Waals surface area contributed by atoms with Gasteiger partial charge in [0, 0.05) is 20.3 Å². The largest absolute Gasteiger partial charge is 0.494 e. The van der Waals surface area contributed by atoms with Crippen molar-refractivity contribution in [2.24, 2.45) is 0 Å². The lowest BCUT2D eigenvalue weighted by Gasteiger charge is -2.12. The molecule has 2 rings (SSSR count). The van der Waals surface area contributed by atoms with Crippen LogP contribution in [0.1, 0.15) is 18.9 Å². The highest BCUT2D eigenvalue weighted by Gasteiger charge is 2.29. The molecule has 0 spiro atoms. The second-order valence-corrected chi connectivity index (χ2v) is 5.18. The fourth-order valence-electron chi connectivity index (χ4n) is 2.14. The van der Waals surface area contributed by atoms with E-state index < -0.39 is 0 Å². The number of hydrogen-bond acceptors (Lipinski definition) is 4. The molecule has 118 valence electrons. The Labute approximate surface area is 135 Å². The van der Waals surface area contributed by atoms with Crippen molar-refractivity contribution in [1.29, 1.82) is 0 Å². The van der Waals surface area contributed by atoms with E-state index in [2.05, 4.69) is 5.32 Å².